The number of rotatable bonds is 5. The summed E-state index contributed by atoms with van der Waals surface area (Å²) in [6, 6.07) is 17.6. The maximum atomic E-state index is 12.4. The zero-order valence-corrected chi connectivity index (χ0v) is 14.2. The van der Waals surface area contributed by atoms with Gasteiger partial charge in [-0.2, -0.15) is 0 Å². The zero-order chi connectivity index (χ0) is 17.8. The van der Waals surface area contributed by atoms with Crippen molar-refractivity contribution >= 4 is 39.9 Å². The normalized spacial score (nSPS) is 11.9. The fourth-order valence-corrected chi connectivity index (χ4v) is 3.15. The Morgan fingerprint density at radius 3 is 2.64 bits per heavy atom. The maximum Gasteiger partial charge on any atom is 0.292 e. The number of hydrogen-bond donors (Lipinski definition) is 1. The lowest BCUT2D eigenvalue weighted by Gasteiger charge is -2.12. The number of aromatic nitrogens is 1. The van der Waals surface area contributed by atoms with Crippen LogP contribution in [0, 0.1) is 10.1 Å². The van der Waals surface area contributed by atoms with E-state index >= 15 is 0 Å². The first-order valence-electron chi connectivity index (χ1n) is 7.61. The molecule has 126 valence electrons. The number of benzene rings is 2. The number of amides is 1. The SMILES string of the molecule is C[C@@H](Sc1ccc2ccccc2n1)C(=O)Nc1ccccc1[N+](=O)[O-]. The molecule has 6 nitrogen and oxygen atoms in total. The Hall–Kier alpha value is -2.93. The minimum atomic E-state index is -0.516. The average Bonchev–Trinajstić information content (AvgIpc) is 2.61. The Morgan fingerprint density at radius 1 is 1.12 bits per heavy atom. The molecule has 25 heavy (non-hydrogen) atoms. The number of hydrogen-bond acceptors (Lipinski definition) is 5. The van der Waals surface area contributed by atoms with Gasteiger partial charge in [0.1, 0.15) is 5.69 Å². The molecular formula is C18H15N3O3S. The van der Waals surface area contributed by atoms with Gasteiger partial charge in [0.2, 0.25) is 5.91 Å². The topological polar surface area (TPSA) is 85.1 Å². The van der Waals surface area contributed by atoms with Crippen LogP contribution in [0.1, 0.15) is 6.92 Å². The molecular weight excluding hydrogens is 338 g/mol. The highest BCUT2D eigenvalue weighted by Crippen LogP contribution is 2.27. The summed E-state index contributed by atoms with van der Waals surface area (Å²) in [6.45, 7) is 1.74. The number of thioether (sulfide) groups is 1. The van der Waals surface area contributed by atoms with E-state index in [9.17, 15) is 14.9 Å². The van der Waals surface area contributed by atoms with Crippen LogP contribution in [-0.2, 0) is 4.79 Å². The van der Waals surface area contributed by atoms with E-state index < -0.39 is 10.2 Å². The molecule has 0 bridgehead atoms. The van der Waals surface area contributed by atoms with Crippen molar-refractivity contribution in [1.82, 2.24) is 4.98 Å². The van der Waals surface area contributed by atoms with Gasteiger partial charge in [-0.05, 0) is 25.1 Å². The minimum Gasteiger partial charge on any atom is -0.319 e. The number of nitro groups is 1. The van der Waals surface area contributed by atoms with E-state index in [4.69, 9.17) is 0 Å². The predicted molar refractivity (Wildman–Crippen MR) is 98.8 cm³/mol. The third-order valence-electron chi connectivity index (χ3n) is 3.60. The molecule has 0 fully saturated rings. The number of anilines is 1. The van der Waals surface area contributed by atoms with Crippen molar-refractivity contribution in [2.75, 3.05) is 5.32 Å². The number of carbonyl (C=O) groups excluding carboxylic acids is 1. The molecule has 1 amide bonds. The van der Waals surface area contributed by atoms with Crippen molar-refractivity contribution in [3.63, 3.8) is 0 Å². The third kappa shape index (κ3) is 3.95. The first-order chi connectivity index (χ1) is 12.0. The molecule has 2 aromatic carbocycles. The van der Waals surface area contributed by atoms with E-state index in [0.717, 1.165) is 15.9 Å². The Balaban J connectivity index is 1.73. The molecule has 0 spiro atoms. The summed E-state index contributed by atoms with van der Waals surface area (Å²) < 4.78 is 0. The van der Waals surface area contributed by atoms with Crippen molar-refractivity contribution in [3.8, 4) is 0 Å². The van der Waals surface area contributed by atoms with Gasteiger partial charge in [-0.25, -0.2) is 4.98 Å². The lowest BCUT2D eigenvalue weighted by molar-refractivity contribution is -0.383. The fourth-order valence-electron chi connectivity index (χ4n) is 2.32. The largest absolute Gasteiger partial charge is 0.319 e. The predicted octanol–water partition coefficient (Wildman–Crippen LogP) is 4.26. The van der Waals surface area contributed by atoms with Crippen LogP contribution in [0.5, 0.6) is 0 Å². The van der Waals surface area contributed by atoms with Gasteiger partial charge in [-0.1, -0.05) is 48.2 Å². The van der Waals surface area contributed by atoms with Gasteiger partial charge in [0.05, 0.1) is 20.7 Å². The summed E-state index contributed by atoms with van der Waals surface area (Å²) in [5.74, 6) is -0.311. The summed E-state index contributed by atoms with van der Waals surface area (Å²) in [4.78, 5) is 27.4. The monoisotopic (exact) mass is 353 g/mol. The summed E-state index contributed by atoms with van der Waals surface area (Å²) in [5, 5.41) is 15.0. The van der Waals surface area contributed by atoms with E-state index in [1.807, 2.05) is 36.4 Å². The molecule has 1 aromatic heterocycles. The molecule has 7 heteroatoms. The van der Waals surface area contributed by atoms with Gasteiger partial charge in [-0.15, -0.1) is 0 Å². The van der Waals surface area contributed by atoms with Gasteiger partial charge in [0.15, 0.2) is 0 Å². The number of pyridine rings is 1. The third-order valence-corrected chi connectivity index (χ3v) is 4.63. The van der Waals surface area contributed by atoms with Crippen LogP contribution in [0.4, 0.5) is 11.4 Å². The Labute approximate surface area is 148 Å². The van der Waals surface area contributed by atoms with Crippen LogP contribution >= 0.6 is 11.8 Å². The molecule has 1 atom stereocenters. The highest BCUT2D eigenvalue weighted by molar-refractivity contribution is 8.00. The Morgan fingerprint density at radius 2 is 1.84 bits per heavy atom. The van der Waals surface area contributed by atoms with Crippen molar-refractivity contribution in [3.05, 3.63) is 70.8 Å². The van der Waals surface area contributed by atoms with Gasteiger partial charge in [0.25, 0.3) is 5.69 Å². The van der Waals surface area contributed by atoms with Crippen molar-refractivity contribution in [2.45, 2.75) is 17.2 Å². The number of fused-ring (bicyclic) bond motifs is 1. The molecule has 0 saturated carbocycles. The molecule has 1 N–H and O–H groups in total. The number of nitrogens with zero attached hydrogens (tertiary/aromatic N) is 2. The Bertz CT molecular complexity index is 946. The van der Waals surface area contributed by atoms with E-state index in [1.165, 1.54) is 23.9 Å². The van der Waals surface area contributed by atoms with Crippen molar-refractivity contribution in [1.29, 1.82) is 0 Å². The van der Waals surface area contributed by atoms with Crippen LogP contribution in [-0.4, -0.2) is 21.1 Å². The smallest absolute Gasteiger partial charge is 0.292 e. The highest BCUT2D eigenvalue weighted by atomic mass is 32.2. The van der Waals surface area contributed by atoms with Crippen LogP contribution in [0.25, 0.3) is 10.9 Å². The second-order valence-electron chi connectivity index (χ2n) is 5.37. The molecule has 1 heterocycles. The summed E-state index contributed by atoms with van der Waals surface area (Å²) >= 11 is 1.31. The second-order valence-corrected chi connectivity index (χ2v) is 6.73. The van der Waals surface area contributed by atoms with Crippen LogP contribution in [0.3, 0.4) is 0 Å². The lowest BCUT2D eigenvalue weighted by atomic mass is 10.2. The molecule has 0 aliphatic heterocycles. The second kappa shape index (κ2) is 7.31. The number of nitro benzene ring substituents is 1. The molecule has 0 aliphatic carbocycles. The highest BCUT2D eigenvalue weighted by Gasteiger charge is 2.20. The fraction of sp³-hybridized carbons (Fsp3) is 0.111. The van der Waals surface area contributed by atoms with Gasteiger partial charge < -0.3 is 5.32 Å². The maximum absolute atomic E-state index is 12.4. The van der Waals surface area contributed by atoms with E-state index in [1.54, 1.807) is 19.1 Å². The van der Waals surface area contributed by atoms with Gasteiger partial charge in [0, 0.05) is 11.5 Å². The number of carbonyl (C=O) groups is 1. The van der Waals surface area contributed by atoms with Gasteiger partial charge >= 0.3 is 0 Å². The zero-order valence-electron chi connectivity index (χ0n) is 13.4. The van der Waals surface area contributed by atoms with E-state index in [0.29, 0.717) is 0 Å². The Kier molecular flexibility index (Phi) is 4.95. The molecule has 0 aliphatic rings. The van der Waals surface area contributed by atoms with Crippen molar-refractivity contribution < 1.29 is 9.72 Å². The quantitative estimate of drug-likeness (QED) is 0.421. The first-order valence-corrected chi connectivity index (χ1v) is 8.49. The first kappa shape index (κ1) is 16.9. The van der Waals surface area contributed by atoms with E-state index in [2.05, 4.69) is 10.3 Å². The van der Waals surface area contributed by atoms with Crippen molar-refractivity contribution in [2.24, 2.45) is 0 Å². The summed E-state index contributed by atoms with van der Waals surface area (Å²) in [6.07, 6.45) is 0. The summed E-state index contributed by atoms with van der Waals surface area (Å²) in [7, 11) is 0. The van der Waals surface area contributed by atoms with Crippen LogP contribution in [0.2, 0.25) is 0 Å². The average molecular weight is 353 g/mol. The van der Waals surface area contributed by atoms with Crippen LogP contribution < -0.4 is 5.32 Å². The van der Waals surface area contributed by atoms with E-state index in [-0.39, 0.29) is 17.3 Å². The minimum absolute atomic E-state index is 0.128. The number of nitrogens with one attached hydrogen (secondary N) is 1. The lowest BCUT2D eigenvalue weighted by Crippen LogP contribution is -2.23. The standard InChI is InChI=1S/C18H15N3O3S/c1-12(18(22)20-15-8-4-5-9-16(15)21(23)24)25-17-11-10-13-6-2-3-7-14(13)19-17/h2-12H,1H3,(H,20,22)/t12-/m1/s1. The molecule has 0 saturated heterocycles. The molecule has 0 radical (unpaired) electrons. The van der Waals surface area contributed by atoms with Gasteiger partial charge in [-0.3, -0.25) is 14.9 Å². The number of para-hydroxylation sites is 3. The summed E-state index contributed by atoms with van der Waals surface area (Å²) in [5.41, 5.74) is 0.923. The molecule has 0 unspecified atom stereocenters. The van der Waals surface area contributed by atoms with Crippen LogP contribution in [0.15, 0.2) is 65.7 Å². The molecule has 3 aromatic rings. The molecule has 3 rings (SSSR count).